The Kier molecular flexibility index (Phi) is 4.44. The maximum absolute atomic E-state index is 11.0. The first-order chi connectivity index (χ1) is 11.2. The van der Waals surface area contributed by atoms with Crippen LogP contribution in [0.2, 0.25) is 5.02 Å². The molecule has 0 aliphatic rings. The molecule has 1 heterocycles. The smallest absolute Gasteiger partial charge is 0.228 e. The van der Waals surface area contributed by atoms with Gasteiger partial charge in [-0.05, 0) is 31.2 Å². The van der Waals surface area contributed by atoms with Crippen molar-refractivity contribution in [3.63, 3.8) is 0 Å². The minimum Gasteiger partial charge on any atom is -0.486 e. The number of benzene rings is 2. The van der Waals surface area contributed by atoms with Crippen LogP contribution >= 0.6 is 11.6 Å². The highest BCUT2D eigenvalue weighted by atomic mass is 35.5. The van der Waals surface area contributed by atoms with Gasteiger partial charge in [-0.2, -0.15) is 0 Å². The van der Waals surface area contributed by atoms with Crippen molar-refractivity contribution in [1.82, 2.24) is 4.98 Å². The molecule has 0 saturated heterocycles. The summed E-state index contributed by atoms with van der Waals surface area (Å²) in [5.41, 5.74) is 1.90. The van der Waals surface area contributed by atoms with Crippen LogP contribution in [0.4, 0.5) is 0 Å². The highest BCUT2D eigenvalue weighted by Gasteiger charge is 2.14. The molecule has 0 bridgehead atoms. The lowest BCUT2D eigenvalue weighted by Gasteiger charge is -2.06. The average molecular weight is 328 g/mol. The van der Waals surface area contributed by atoms with Crippen LogP contribution in [0, 0.1) is 6.92 Å². The Bertz CT molecular complexity index is 842. The summed E-state index contributed by atoms with van der Waals surface area (Å²) in [6.45, 7) is 2.03. The number of halogens is 1. The first kappa shape index (κ1) is 15.3. The summed E-state index contributed by atoms with van der Waals surface area (Å²) in [4.78, 5) is 15.5. The van der Waals surface area contributed by atoms with Gasteiger partial charge in [0.05, 0.1) is 16.1 Å². The van der Waals surface area contributed by atoms with E-state index in [2.05, 4.69) is 4.98 Å². The van der Waals surface area contributed by atoms with E-state index in [-0.39, 0.29) is 6.61 Å². The molecule has 0 fully saturated rings. The molecule has 116 valence electrons. The number of nitrogens with zero attached hydrogens (tertiary/aromatic N) is 1. The maximum atomic E-state index is 11.0. The first-order valence-electron chi connectivity index (χ1n) is 7.07. The van der Waals surface area contributed by atoms with Crippen molar-refractivity contribution in [3.8, 4) is 17.2 Å². The van der Waals surface area contributed by atoms with E-state index >= 15 is 0 Å². The summed E-state index contributed by atoms with van der Waals surface area (Å²) in [5, 5.41) is 0.576. The number of aryl methyl sites for hydroxylation is 1. The van der Waals surface area contributed by atoms with Crippen molar-refractivity contribution in [2.24, 2.45) is 0 Å². The van der Waals surface area contributed by atoms with Gasteiger partial charge in [0, 0.05) is 0 Å². The van der Waals surface area contributed by atoms with Crippen LogP contribution in [0.3, 0.4) is 0 Å². The van der Waals surface area contributed by atoms with Crippen LogP contribution in [0.5, 0.6) is 5.75 Å². The van der Waals surface area contributed by atoms with Gasteiger partial charge in [0.25, 0.3) is 0 Å². The van der Waals surface area contributed by atoms with E-state index < -0.39 is 0 Å². The molecule has 3 rings (SSSR count). The second-order valence-corrected chi connectivity index (χ2v) is 5.35. The highest BCUT2D eigenvalue weighted by Crippen LogP contribution is 2.29. The summed E-state index contributed by atoms with van der Waals surface area (Å²) in [5.74, 6) is 1.63. The molecule has 4 nitrogen and oxygen atoms in total. The van der Waals surface area contributed by atoms with E-state index in [1.165, 1.54) is 0 Å². The van der Waals surface area contributed by atoms with Gasteiger partial charge in [-0.3, -0.25) is 4.79 Å². The lowest BCUT2D eigenvalue weighted by Crippen LogP contribution is -1.99. The van der Waals surface area contributed by atoms with Crippen molar-refractivity contribution in [1.29, 1.82) is 0 Å². The molecule has 23 heavy (non-hydrogen) atoms. The zero-order chi connectivity index (χ0) is 16.2. The summed E-state index contributed by atoms with van der Waals surface area (Å²) < 4.78 is 11.4. The van der Waals surface area contributed by atoms with Crippen molar-refractivity contribution in [2.75, 3.05) is 0 Å². The molecule has 0 radical (unpaired) electrons. The van der Waals surface area contributed by atoms with Gasteiger partial charge in [-0.25, -0.2) is 4.98 Å². The third-order valence-electron chi connectivity index (χ3n) is 3.41. The molecular formula is C18H14ClNO3. The zero-order valence-corrected chi connectivity index (χ0v) is 13.2. The Morgan fingerprint density at radius 3 is 2.70 bits per heavy atom. The normalized spacial score (nSPS) is 10.5. The highest BCUT2D eigenvalue weighted by molar-refractivity contribution is 6.33. The third kappa shape index (κ3) is 3.27. The number of hydrogen-bond donors (Lipinski definition) is 0. The predicted molar refractivity (Wildman–Crippen MR) is 87.8 cm³/mol. The number of carbonyl (C=O) groups is 1. The number of carbonyl (C=O) groups excluding carboxylic acids is 1. The molecule has 0 N–H and O–H groups in total. The Morgan fingerprint density at radius 2 is 1.91 bits per heavy atom. The summed E-state index contributed by atoms with van der Waals surface area (Å²) >= 11 is 6.16. The lowest BCUT2D eigenvalue weighted by atomic mass is 10.2. The fraction of sp³-hybridized carbons (Fsp3) is 0.111. The van der Waals surface area contributed by atoms with E-state index in [0.717, 1.165) is 11.8 Å². The molecule has 1 aromatic heterocycles. The first-order valence-corrected chi connectivity index (χ1v) is 7.45. The van der Waals surface area contributed by atoms with Gasteiger partial charge in [0.15, 0.2) is 6.29 Å². The lowest BCUT2D eigenvalue weighted by molar-refractivity contribution is 0.111. The molecule has 0 aliphatic carbocycles. The van der Waals surface area contributed by atoms with Crippen LogP contribution in [0.25, 0.3) is 11.5 Å². The van der Waals surface area contributed by atoms with Gasteiger partial charge >= 0.3 is 0 Å². The Hall–Kier alpha value is -2.59. The molecule has 0 spiro atoms. The third-order valence-corrected chi connectivity index (χ3v) is 3.74. The van der Waals surface area contributed by atoms with E-state index in [4.69, 9.17) is 20.8 Å². The number of oxazole rings is 1. The topological polar surface area (TPSA) is 52.3 Å². The van der Waals surface area contributed by atoms with Gasteiger partial charge in [0.2, 0.25) is 5.89 Å². The summed E-state index contributed by atoms with van der Waals surface area (Å²) in [6, 6.07) is 14.4. The second kappa shape index (κ2) is 6.67. The van der Waals surface area contributed by atoms with Crippen molar-refractivity contribution >= 4 is 17.9 Å². The zero-order valence-electron chi connectivity index (χ0n) is 12.5. The van der Waals surface area contributed by atoms with Crippen LogP contribution < -0.4 is 4.74 Å². The minimum absolute atomic E-state index is 0.213. The van der Waals surface area contributed by atoms with Gasteiger partial charge in [-0.15, -0.1) is 0 Å². The molecule has 0 aliphatic heterocycles. The summed E-state index contributed by atoms with van der Waals surface area (Å²) in [7, 11) is 0. The SMILES string of the molecule is Cc1oc(-c2ccccc2Cl)nc1COc1ccccc1C=O. The number of rotatable bonds is 5. The fourth-order valence-corrected chi connectivity index (χ4v) is 2.38. The van der Waals surface area contributed by atoms with E-state index in [9.17, 15) is 4.79 Å². The van der Waals surface area contributed by atoms with Gasteiger partial charge < -0.3 is 9.15 Å². The largest absolute Gasteiger partial charge is 0.486 e. The standard InChI is InChI=1S/C18H14ClNO3/c1-12-16(11-22-17-9-5-2-6-13(17)10-21)20-18(23-12)14-7-3-4-8-15(14)19/h2-10H,11H2,1H3. The predicted octanol–water partition coefficient (Wildman–Crippen LogP) is 4.69. The number of para-hydroxylation sites is 1. The molecule has 0 amide bonds. The van der Waals surface area contributed by atoms with Crippen molar-refractivity contribution in [2.45, 2.75) is 13.5 Å². The van der Waals surface area contributed by atoms with E-state index in [1.807, 2.05) is 31.2 Å². The average Bonchev–Trinajstić information content (AvgIpc) is 2.94. The maximum Gasteiger partial charge on any atom is 0.228 e. The molecule has 0 saturated carbocycles. The van der Waals surface area contributed by atoms with Crippen molar-refractivity contribution in [3.05, 3.63) is 70.6 Å². The number of aromatic nitrogens is 1. The second-order valence-electron chi connectivity index (χ2n) is 4.95. The summed E-state index contributed by atoms with van der Waals surface area (Å²) in [6.07, 6.45) is 0.764. The number of aldehydes is 1. The molecular weight excluding hydrogens is 314 g/mol. The molecule has 3 aromatic rings. The van der Waals surface area contributed by atoms with Crippen molar-refractivity contribution < 1.29 is 13.9 Å². The van der Waals surface area contributed by atoms with Crippen LogP contribution in [0.15, 0.2) is 52.9 Å². The van der Waals surface area contributed by atoms with E-state index in [1.54, 1.807) is 24.3 Å². The number of ether oxygens (including phenoxy) is 1. The monoisotopic (exact) mass is 327 g/mol. The Labute approximate surface area is 138 Å². The molecule has 5 heteroatoms. The van der Waals surface area contributed by atoms with Gasteiger partial charge in [0.1, 0.15) is 23.8 Å². The van der Waals surface area contributed by atoms with Crippen LogP contribution in [-0.2, 0) is 6.61 Å². The van der Waals surface area contributed by atoms with E-state index in [0.29, 0.717) is 33.7 Å². The Balaban J connectivity index is 1.82. The quantitative estimate of drug-likeness (QED) is 0.638. The molecule has 0 atom stereocenters. The molecule has 2 aromatic carbocycles. The number of hydrogen-bond acceptors (Lipinski definition) is 4. The minimum atomic E-state index is 0.213. The fourth-order valence-electron chi connectivity index (χ4n) is 2.17. The Morgan fingerprint density at radius 1 is 1.17 bits per heavy atom. The van der Waals surface area contributed by atoms with Gasteiger partial charge in [-0.1, -0.05) is 35.9 Å². The van der Waals surface area contributed by atoms with Crippen LogP contribution in [-0.4, -0.2) is 11.3 Å². The van der Waals surface area contributed by atoms with Crippen LogP contribution in [0.1, 0.15) is 21.8 Å². The molecule has 0 unspecified atom stereocenters.